The molecule has 0 saturated heterocycles. The van der Waals surface area contributed by atoms with E-state index >= 15 is 0 Å². The molecule has 8 nitrogen and oxygen atoms in total. The van der Waals surface area contributed by atoms with E-state index in [-0.39, 0.29) is 30.1 Å². The Morgan fingerprint density at radius 1 is 0.974 bits per heavy atom. The molecule has 0 spiro atoms. The van der Waals surface area contributed by atoms with Crippen LogP contribution in [0.1, 0.15) is 30.5 Å². The smallest absolute Gasteiger partial charge is 0.269 e. The molecule has 3 aromatic carbocycles. The Balaban J connectivity index is 1.48. The molecule has 1 aromatic heterocycles. The van der Waals surface area contributed by atoms with Crippen LogP contribution in [-0.4, -0.2) is 50.7 Å². The fourth-order valence-electron chi connectivity index (χ4n) is 4.42. The number of nitrogens with one attached hydrogen (secondary N) is 1. The third-order valence-corrected chi connectivity index (χ3v) is 6.63. The predicted molar refractivity (Wildman–Crippen MR) is 153 cm³/mol. The fourth-order valence-corrected chi connectivity index (χ4v) is 4.42. The first-order valence-electron chi connectivity index (χ1n) is 12.9. The minimum atomic E-state index is -0.468. The van der Waals surface area contributed by atoms with Crippen molar-refractivity contribution in [3.05, 3.63) is 118 Å². The number of hydrogen-bond donors (Lipinski definition) is 1. The second-order valence-electron chi connectivity index (χ2n) is 9.65. The van der Waals surface area contributed by atoms with Gasteiger partial charge in [-0.05, 0) is 61.2 Å². The molecule has 8 heteroatoms. The number of para-hydroxylation sites is 1. The van der Waals surface area contributed by atoms with Gasteiger partial charge >= 0.3 is 0 Å². The fraction of sp³-hybridized carbons (Fsp3) is 0.226. The molecule has 200 valence electrons. The van der Waals surface area contributed by atoms with Gasteiger partial charge in [0.15, 0.2) is 0 Å². The summed E-state index contributed by atoms with van der Waals surface area (Å²) in [5.74, 6) is -0.433. The highest BCUT2D eigenvalue weighted by atomic mass is 16.6. The summed E-state index contributed by atoms with van der Waals surface area (Å²) in [4.78, 5) is 43.7. The summed E-state index contributed by atoms with van der Waals surface area (Å²) in [6.07, 6.45) is 5.67. The highest BCUT2D eigenvalue weighted by Crippen LogP contribution is 2.19. The van der Waals surface area contributed by atoms with Crippen molar-refractivity contribution in [3.63, 3.8) is 0 Å². The Bertz CT molecular complexity index is 1460. The highest BCUT2D eigenvalue weighted by Gasteiger charge is 2.23. The molecular weight excluding hydrogens is 492 g/mol. The number of aromatic amines is 1. The molecule has 4 aromatic rings. The maximum absolute atomic E-state index is 13.6. The Labute approximate surface area is 227 Å². The van der Waals surface area contributed by atoms with E-state index in [2.05, 4.69) is 11.1 Å². The molecular formula is C31H32N4O4. The lowest BCUT2D eigenvalue weighted by Gasteiger charge is -2.29. The van der Waals surface area contributed by atoms with Crippen molar-refractivity contribution >= 4 is 34.5 Å². The number of nitrogens with zero attached hydrogens (tertiary/aromatic N) is 3. The van der Waals surface area contributed by atoms with Gasteiger partial charge in [0.25, 0.3) is 5.69 Å². The molecule has 0 atom stereocenters. The van der Waals surface area contributed by atoms with Crippen LogP contribution in [0.5, 0.6) is 0 Å². The summed E-state index contributed by atoms with van der Waals surface area (Å²) in [5.41, 5.74) is 3.86. The first-order valence-corrected chi connectivity index (χ1v) is 12.9. The first kappa shape index (κ1) is 27.3. The van der Waals surface area contributed by atoms with Gasteiger partial charge in [-0.3, -0.25) is 19.7 Å². The van der Waals surface area contributed by atoms with Gasteiger partial charge in [-0.25, -0.2) is 0 Å². The van der Waals surface area contributed by atoms with Crippen LogP contribution in [0.25, 0.3) is 17.0 Å². The Hall–Kier alpha value is -4.72. The number of carbonyl (C=O) groups is 2. The molecule has 0 aliphatic rings. The van der Waals surface area contributed by atoms with Gasteiger partial charge in [0.1, 0.15) is 6.54 Å². The van der Waals surface area contributed by atoms with Crippen molar-refractivity contribution in [3.8, 4) is 0 Å². The molecule has 4 rings (SSSR count). The lowest BCUT2D eigenvalue weighted by atomic mass is 10.1. The van der Waals surface area contributed by atoms with Gasteiger partial charge in [0, 0.05) is 54.4 Å². The minimum absolute atomic E-state index is 0.0148. The molecule has 0 bridgehead atoms. The van der Waals surface area contributed by atoms with E-state index in [0.717, 1.165) is 22.0 Å². The summed E-state index contributed by atoms with van der Waals surface area (Å²) >= 11 is 0. The number of H-pyrrole nitrogens is 1. The average Bonchev–Trinajstić information content (AvgIpc) is 3.36. The number of hydrogen-bond acceptors (Lipinski definition) is 4. The number of non-ortho nitro benzene ring substituents is 1. The molecule has 0 fully saturated rings. The summed E-state index contributed by atoms with van der Waals surface area (Å²) in [5, 5.41) is 12.0. The maximum atomic E-state index is 13.6. The number of nitro groups is 1. The zero-order chi connectivity index (χ0) is 27.8. The Kier molecular flexibility index (Phi) is 8.89. The number of aromatic nitrogens is 1. The van der Waals surface area contributed by atoms with Crippen LogP contribution < -0.4 is 0 Å². The van der Waals surface area contributed by atoms with Crippen molar-refractivity contribution in [1.82, 2.24) is 14.8 Å². The summed E-state index contributed by atoms with van der Waals surface area (Å²) < 4.78 is 0. The van der Waals surface area contributed by atoms with Gasteiger partial charge in [-0.1, -0.05) is 48.5 Å². The van der Waals surface area contributed by atoms with Crippen LogP contribution in [0.4, 0.5) is 5.69 Å². The highest BCUT2D eigenvalue weighted by molar-refractivity contribution is 5.94. The van der Waals surface area contributed by atoms with E-state index in [4.69, 9.17) is 0 Å². The lowest BCUT2D eigenvalue weighted by molar-refractivity contribution is -0.384. The number of amides is 2. The van der Waals surface area contributed by atoms with E-state index in [1.54, 1.807) is 23.1 Å². The number of carbonyl (C=O) groups excluding carboxylic acids is 2. The summed E-state index contributed by atoms with van der Waals surface area (Å²) in [6.45, 7) is 4.65. The van der Waals surface area contributed by atoms with Gasteiger partial charge in [-0.2, -0.15) is 0 Å². The lowest BCUT2D eigenvalue weighted by Crippen LogP contribution is -2.45. The second kappa shape index (κ2) is 12.7. The van der Waals surface area contributed by atoms with Crippen LogP contribution in [-0.2, 0) is 22.6 Å². The van der Waals surface area contributed by atoms with Gasteiger partial charge in [0.2, 0.25) is 11.8 Å². The van der Waals surface area contributed by atoms with E-state index in [1.807, 2.05) is 68.6 Å². The summed E-state index contributed by atoms with van der Waals surface area (Å²) in [6, 6.07) is 23.7. The molecule has 0 saturated carbocycles. The van der Waals surface area contributed by atoms with E-state index in [9.17, 15) is 19.7 Å². The average molecular weight is 525 g/mol. The Morgan fingerprint density at radius 3 is 2.36 bits per heavy atom. The molecule has 0 radical (unpaired) electrons. The van der Waals surface area contributed by atoms with Crippen molar-refractivity contribution in [1.29, 1.82) is 0 Å². The van der Waals surface area contributed by atoms with Crippen molar-refractivity contribution in [2.45, 2.75) is 32.9 Å². The third-order valence-electron chi connectivity index (χ3n) is 6.63. The standard InChI is InChI=1S/C31H32N4O4/c1-23(2)34(30(36)17-14-24-12-15-27(16-13-24)35(38)39)22-31(37)33(21-25-8-4-3-5-9-25)19-18-26-20-32-29-11-7-6-10-28(26)29/h3-17,20,23,32H,18-19,21-22H2,1-2H3. The van der Waals surface area contributed by atoms with E-state index in [0.29, 0.717) is 25.1 Å². The number of rotatable bonds is 11. The Morgan fingerprint density at radius 2 is 1.67 bits per heavy atom. The quantitative estimate of drug-likeness (QED) is 0.157. The largest absolute Gasteiger partial charge is 0.361 e. The molecule has 0 aliphatic heterocycles. The van der Waals surface area contributed by atoms with Crippen LogP contribution in [0.15, 0.2) is 91.1 Å². The maximum Gasteiger partial charge on any atom is 0.269 e. The first-order chi connectivity index (χ1) is 18.8. The predicted octanol–water partition coefficient (Wildman–Crippen LogP) is 5.60. The van der Waals surface area contributed by atoms with Crippen LogP contribution in [0.2, 0.25) is 0 Å². The third kappa shape index (κ3) is 7.19. The molecule has 39 heavy (non-hydrogen) atoms. The van der Waals surface area contributed by atoms with E-state index in [1.165, 1.54) is 23.1 Å². The topological polar surface area (TPSA) is 99.6 Å². The molecule has 1 heterocycles. The second-order valence-corrected chi connectivity index (χ2v) is 9.65. The minimum Gasteiger partial charge on any atom is -0.361 e. The van der Waals surface area contributed by atoms with Crippen molar-refractivity contribution in [2.75, 3.05) is 13.1 Å². The molecule has 0 aliphatic carbocycles. The zero-order valence-electron chi connectivity index (χ0n) is 22.1. The molecule has 1 N–H and O–H groups in total. The van der Waals surface area contributed by atoms with Crippen molar-refractivity contribution < 1.29 is 14.5 Å². The number of benzene rings is 3. The molecule has 2 amide bonds. The summed E-state index contributed by atoms with van der Waals surface area (Å²) in [7, 11) is 0. The number of fused-ring (bicyclic) bond motifs is 1. The SMILES string of the molecule is CC(C)N(CC(=O)N(CCc1c[nH]c2ccccc12)Cc1ccccc1)C(=O)C=Cc1ccc([N+](=O)[O-])cc1. The number of nitro benzene ring substituents is 1. The van der Waals surface area contributed by atoms with Crippen molar-refractivity contribution in [2.24, 2.45) is 0 Å². The monoisotopic (exact) mass is 524 g/mol. The van der Waals surface area contributed by atoms with Gasteiger partial charge < -0.3 is 14.8 Å². The van der Waals surface area contributed by atoms with Gasteiger partial charge in [-0.15, -0.1) is 0 Å². The normalized spacial score (nSPS) is 11.3. The van der Waals surface area contributed by atoms with Crippen LogP contribution in [0.3, 0.4) is 0 Å². The van der Waals surface area contributed by atoms with Crippen LogP contribution >= 0.6 is 0 Å². The molecule has 0 unspecified atom stereocenters. The van der Waals surface area contributed by atoms with E-state index < -0.39 is 4.92 Å². The van der Waals surface area contributed by atoms with Gasteiger partial charge in [0.05, 0.1) is 4.92 Å². The zero-order valence-corrected chi connectivity index (χ0v) is 22.1. The van der Waals surface area contributed by atoms with Crippen LogP contribution in [0, 0.1) is 10.1 Å².